The molecule has 1 aliphatic rings. The van der Waals surface area contributed by atoms with Crippen molar-refractivity contribution < 1.29 is 4.79 Å². The average molecular weight is 210 g/mol. The van der Waals surface area contributed by atoms with Crippen molar-refractivity contribution in [2.24, 2.45) is 5.73 Å². The lowest BCUT2D eigenvalue weighted by molar-refractivity contribution is -0.129. The molecule has 0 bridgehead atoms. The molecule has 1 aliphatic heterocycles. The third kappa shape index (κ3) is 1.55. The molecule has 2 N–H and O–H groups in total. The Morgan fingerprint density at radius 2 is 2.50 bits per heavy atom. The summed E-state index contributed by atoms with van der Waals surface area (Å²) >= 11 is 1.72. The minimum absolute atomic E-state index is 0.165. The Morgan fingerprint density at radius 1 is 1.71 bits per heavy atom. The Kier molecular flexibility index (Phi) is 2.56. The zero-order valence-electron chi connectivity index (χ0n) is 8.25. The first-order valence-electron chi connectivity index (χ1n) is 4.76. The number of carbonyl (C=O) groups is 1. The largest absolute Gasteiger partial charge is 0.337 e. The Bertz CT molecular complexity index is 359. The Morgan fingerprint density at radius 3 is 3.14 bits per heavy atom. The molecule has 0 fully saturated rings. The molecule has 14 heavy (non-hydrogen) atoms. The maximum Gasteiger partial charge on any atom is 0.219 e. The second-order valence-electron chi connectivity index (χ2n) is 3.56. The molecule has 0 radical (unpaired) electrons. The van der Waals surface area contributed by atoms with E-state index in [2.05, 4.69) is 5.38 Å². The Hall–Kier alpha value is -0.870. The Labute approximate surface area is 87.5 Å². The van der Waals surface area contributed by atoms with E-state index in [1.807, 2.05) is 4.90 Å². The van der Waals surface area contributed by atoms with Crippen LogP contribution in [0.1, 0.15) is 22.9 Å². The minimum atomic E-state index is 0.165. The zero-order chi connectivity index (χ0) is 10.1. The molecule has 0 unspecified atom stereocenters. The van der Waals surface area contributed by atoms with Gasteiger partial charge in [0.15, 0.2) is 0 Å². The zero-order valence-corrected chi connectivity index (χ0v) is 9.06. The molecule has 0 aromatic carbocycles. The van der Waals surface area contributed by atoms with Crippen molar-refractivity contribution in [1.82, 2.24) is 4.90 Å². The van der Waals surface area contributed by atoms with Gasteiger partial charge in [0.2, 0.25) is 5.91 Å². The van der Waals surface area contributed by atoms with Gasteiger partial charge in [0.1, 0.15) is 0 Å². The second-order valence-corrected chi connectivity index (χ2v) is 4.52. The van der Waals surface area contributed by atoms with Crippen molar-refractivity contribution in [3.8, 4) is 0 Å². The van der Waals surface area contributed by atoms with Gasteiger partial charge in [0.05, 0.1) is 6.54 Å². The molecule has 2 rings (SSSR count). The molecular weight excluding hydrogens is 196 g/mol. The summed E-state index contributed by atoms with van der Waals surface area (Å²) in [7, 11) is 0. The van der Waals surface area contributed by atoms with Crippen LogP contribution < -0.4 is 5.73 Å². The van der Waals surface area contributed by atoms with E-state index in [1.165, 1.54) is 16.0 Å². The molecular formula is C10H14N2OS. The summed E-state index contributed by atoms with van der Waals surface area (Å²) in [6.45, 7) is 3.86. The van der Waals surface area contributed by atoms with Crippen LogP contribution in [0.15, 0.2) is 5.38 Å². The molecule has 0 atom stereocenters. The summed E-state index contributed by atoms with van der Waals surface area (Å²) in [4.78, 5) is 14.4. The van der Waals surface area contributed by atoms with E-state index in [1.54, 1.807) is 18.3 Å². The molecule has 4 heteroatoms. The number of thiophene rings is 1. The smallest absolute Gasteiger partial charge is 0.219 e. The SMILES string of the molecule is CC(=O)N1CCc2c(CN)csc2C1. The lowest BCUT2D eigenvalue weighted by atomic mass is 10.0. The number of hydrogen-bond acceptors (Lipinski definition) is 3. The number of nitrogens with two attached hydrogens (primary N) is 1. The number of fused-ring (bicyclic) bond motifs is 1. The average Bonchev–Trinajstić information content (AvgIpc) is 2.59. The summed E-state index contributed by atoms with van der Waals surface area (Å²) in [5.74, 6) is 0.165. The van der Waals surface area contributed by atoms with Gasteiger partial charge >= 0.3 is 0 Å². The van der Waals surface area contributed by atoms with Crippen molar-refractivity contribution >= 4 is 17.2 Å². The third-order valence-corrected chi connectivity index (χ3v) is 3.76. The van der Waals surface area contributed by atoms with Crippen LogP contribution in [0.5, 0.6) is 0 Å². The third-order valence-electron chi connectivity index (χ3n) is 2.70. The number of amides is 1. The van der Waals surface area contributed by atoms with E-state index in [0.29, 0.717) is 6.54 Å². The van der Waals surface area contributed by atoms with Gasteiger partial charge in [-0.2, -0.15) is 0 Å². The molecule has 2 heterocycles. The highest BCUT2D eigenvalue weighted by atomic mass is 32.1. The van der Waals surface area contributed by atoms with E-state index >= 15 is 0 Å². The fraction of sp³-hybridized carbons (Fsp3) is 0.500. The van der Waals surface area contributed by atoms with Gasteiger partial charge in [0, 0.05) is 24.9 Å². The highest BCUT2D eigenvalue weighted by Crippen LogP contribution is 2.28. The quantitative estimate of drug-likeness (QED) is 0.754. The summed E-state index contributed by atoms with van der Waals surface area (Å²) in [6.07, 6.45) is 0.963. The van der Waals surface area contributed by atoms with Crippen molar-refractivity contribution in [1.29, 1.82) is 0 Å². The molecule has 0 saturated heterocycles. The molecule has 76 valence electrons. The summed E-state index contributed by atoms with van der Waals surface area (Å²) in [5, 5.41) is 2.12. The van der Waals surface area contributed by atoms with Gasteiger partial charge in [-0.25, -0.2) is 0 Å². The summed E-state index contributed by atoms with van der Waals surface area (Å²) in [6, 6.07) is 0. The molecule has 0 spiro atoms. The summed E-state index contributed by atoms with van der Waals surface area (Å²) in [5.41, 5.74) is 8.28. The molecule has 3 nitrogen and oxygen atoms in total. The topological polar surface area (TPSA) is 46.3 Å². The van der Waals surface area contributed by atoms with Gasteiger partial charge in [-0.3, -0.25) is 4.79 Å². The standard InChI is InChI=1S/C10H14N2OS/c1-7(13)12-3-2-9-8(4-11)6-14-10(9)5-12/h6H,2-5,11H2,1H3. The lowest BCUT2D eigenvalue weighted by Crippen LogP contribution is -2.33. The lowest BCUT2D eigenvalue weighted by Gasteiger charge is -2.26. The highest BCUT2D eigenvalue weighted by Gasteiger charge is 2.21. The van der Waals surface area contributed by atoms with E-state index < -0.39 is 0 Å². The number of carbonyl (C=O) groups excluding carboxylic acids is 1. The predicted molar refractivity (Wildman–Crippen MR) is 57.0 cm³/mol. The van der Waals surface area contributed by atoms with Crippen molar-refractivity contribution in [3.05, 3.63) is 21.4 Å². The number of rotatable bonds is 1. The first-order chi connectivity index (χ1) is 6.72. The first kappa shape index (κ1) is 9.68. The molecule has 0 aliphatic carbocycles. The van der Waals surface area contributed by atoms with Gasteiger partial charge < -0.3 is 10.6 Å². The van der Waals surface area contributed by atoms with E-state index in [9.17, 15) is 4.79 Å². The first-order valence-corrected chi connectivity index (χ1v) is 5.64. The van der Waals surface area contributed by atoms with Crippen LogP contribution in [0.25, 0.3) is 0 Å². The maximum atomic E-state index is 11.2. The van der Waals surface area contributed by atoms with Crippen LogP contribution >= 0.6 is 11.3 Å². The van der Waals surface area contributed by atoms with E-state index in [0.717, 1.165) is 19.5 Å². The van der Waals surface area contributed by atoms with E-state index in [4.69, 9.17) is 5.73 Å². The normalized spacial score (nSPS) is 15.4. The molecule has 0 saturated carbocycles. The summed E-state index contributed by atoms with van der Waals surface area (Å²) < 4.78 is 0. The van der Waals surface area contributed by atoms with Crippen LogP contribution in [0.4, 0.5) is 0 Å². The minimum Gasteiger partial charge on any atom is -0.337 e. The fourth-order valence-electron chi connectivity index (χ4n) is 1.84. The van der Waals surface area contributed by atoms with Gasteiger partial charge in [-0.15, -0.1) is 11.3 Å². The van der Waals surface area contributed by atoms with Crippen molar-refractivity contribution in [2.75, 3.05) is 6.54 Å². The van der Waals surface area contributed by atoms with Gasteiger partial charge in [-0.05, 0) is 22.9 Å². The van der Waals surface area contributed by atoms with Gasteiger partial charge in [-0.1, -0.05) is 0 Å². The van der Waals surface area contributed by atoms with Crippen molar-refractivity contribution in [2.45, 2.75) is 26.4 Å². The molecule has 1 aromatic heterocycles. The molecule has 1 aromatic rings. The van der Waals surface area contributed by atoms with Gasteiger partial charge in [0.25, 0.3) is 0 Å². The van der Waals surface area contributed by atoms with Crippen molar-refractivity contribution in [3.63, 3.8) is 0 Å². The van der Waals surface area contributed by atoms with Crippen LogP contribution in [-0.4, -0.2) is 17.4 Å². The van der Waals surface area contributed by atoms with Crippen LogP contribution in [0, 0.1) is 0 Å². The maximum absolute atomic E-state index is 11.2. The van der Waals surface area contributed by atoms with Crippen LogP contribution in [0.2, 0.25) is 0 Å². The van der Waals surface area contributed by atoms with Crippen LogP contribution in [-0.2, 0) is 24.3 Å². The number of nitrogens with zero attached hydrogens (tertiary/aromatic N) is 1. The predicted octanol–water partition coefficient (Wildman–Crippen LogP) is 1.11. The van der Waals surface area contributed by atoms with E-state index in [-0.39, 0.29) is 5.91 Å². The molecule has 1 amide bonds. The second kappa shape index (κ2) is 3.71. The number of hydrogen-bond donors (Lipinski definition) is 1. The van der Waals surface area contributed by atoms with Crippen LogP contribution in [0.3, 0.4) is 0 Å². The monoisotopic (exact) mass is 210 g/mol. The Balaban J connectivity index is 2.24. The highest BCUT2D eigenvalue weighted by molar-refractivity contribution is 7.10. The fourth-order valence-corrected chi connectivity index (χ4v) is 2.96.